The zero-order valence-corrected chi connectivity index (χ0v) is 9.91. The number of aliphatic hydroxyl groups excluding tert-OH is 1. The number of hydrogen-bond acceptors (Lipinski definition) is 2. The molecule has 0 bridgehead atoms. The quantitative estimate of drug-likeness (QED) is 0.801. The summed E-state index contributed by atoms with van der Waals surface area (Å²) in [6.07, 6.45) is 0.0938. The molecule has 0 saturated carbocycles. The van der Waals surface area contributed by atoms with Crippen LogP contribution < -0.4 is 0 Å². The largest absolute Gasteiger partial charge is 0.507 e. The van der Waals surface area contributed by atoms with Crippen LogP contribution in [0.1, 0.15) is 43.4 Å². The molecule has 0 fully saturated rings. The van der Waals surface area contributed by atoms with E-state index in [0.717, 1.165) is 16.7 Å². The first-order valence-electron chi connectivity index (χ1n) is 5.43. The van der Waals surface area contributed by atoms with Gasteiger partial charge < -0.3 is 10.2 Å². The van der Waals surface area contributed by atoms with Crippen LogP contribution in [0.3, 0.4) is 0 Å². The van der Waals surface area contributed by atoms with Crippen molar-refractivity contribution >= 4 is 0 Å². The Kier molecular flexibility index (Phi) is 3.75. The minimum Gasteiger partial charge on any atom is -0.507 e. The van der Waals surface area contributed by atoms with Crippen molar-refractivity contribution in [1.29, 1.82) is 0 Å². The van der Waals surface area contributed by atoms with Gasteiger partial charge in [0.15, 0.2) is 0 Å². The molecule has 0 aliphatic heterocycles. The van der Waals surface area contributed by atoms with Crippen molar-refractivity contribution in [3.8, 4) is 5.75 Å². The van der Waals surface area contributed by atoms with E-state index in [0.29, 0.717) is 18.1 Å². The van der Waals surface area contributed by atoms with E-state index in [1.165, 1.54) is 0 Å². The second-order valence-electron chi connectivity index (χ2n) is 4.51. The summed E-state index contributed by atoms with van der Waals surface area (Å²) in [5, 5.41) is 19.4. The summed E-state index contributed by atoms with van der Waals surface area (Å²) in [6.45, 7) is 7.81. The highest BCUT2D eigenvalue weighted by Gasteiger charge is 2.14. The summed E-state index contributed by atoms with van der Waals surface area (Å²) in [7, 11) is 0. The third-order valence-electron chi connectivity index (χ3n) is 2.64. The van der Waals surface area contributed by atoms with Crippen LogP contribution in [0, 0.1) is 6.92 Å². The molecule has 1 aromatic rings. The average molecular weight is 208 g/mol. The van der Waals surface area contributed by atoms with Gasteiger partial charge in [0.1, 0.15) is 5.75 Å². The lowest BCUT2D eigenvalue weighted by molar-refractivity contribution is 0.194. The van der Waals surface area contributed by atoms with Crippen LogP contribution in [0.4, 0.5) is 0 Å². The standard InChI is InChI=1S/C13H20O2/c1-8(2)11-6-5-9(3)13(15)12(11)7-10(4)14/h5-6,8,10,14-15H,7H2,1-4H3. The van der Waals surface area contributed by atoms with E-state index in [4.69, 9.17) is 0 Å². The number of aliphatic hydroxyl groups is 1. The Hall–Kier alpha value is -1.02. The maximum Gasteiger partial charge on any atom is 0.122 e. The summed E-state index contributed by atoms with van der Waals surface area (Å²) < 4.78 is 0. The fourth-order valence-corrected chi connectivity index (χ4v) is 1.82. The lowest BCUT2D eigenvalue weighted by atomic mass is 9.91. The van der Waals surface area contributed by atoms with Gasteiger partial charge in [-0.2, -0.15) is 0 Å². The first-order valence-corrected chi connectivity index (χ1v) is 5.43. The highest BCUT2D eigenvalue weighted by Crippen LogP contribution is 2.31. The van der Waals surface area contributed by atoms with Gasteiger partial charge in [-0.05, 0) is 30.9 Å². The summed E-state index contributed by atoms with van der Waals surface area (Å²) in [4.78, 5) is 0. The Morgan fingerprint density at radius 1 is 1.20 bits per heavy atom. The molecule has 1 aromatic carbocycles. The molecule has 1 rings (SSSR count). The van der Waals surface area contributed by atoms with Gasteiger partial charge in [0.05, 0.1) is 6.10 Å². The van der Waals surface area contributed by atoms with E-state index in [9.17, 15) is 10.2 Å². The van der Waals surface area contributed by atoms with Crippen molar-refractivity contribution in [2.45, 2.75) is 46.1 Å². The molecule has 1 atom stereocenters. The lowest BCUT2D eigenvalue weighted by Crippen LogP contribution is -2.08. The summed E-state index contributed by atoms with van der Waals surface area (Å²) in [5.41, 5.74) is 2.88. The van der Waals surface area contributed by atoms with Gasteiger partial charge in [-0.1, -0.05) is 26.0 Å². The van der Waals surface area contributed by atoms with Crippen LogP contribution in [0.15, 0.2) is 12.1 Å². The molecule has 0 aliphatic rings. The molecule has 0 aromatic heterocycles. The van der Waals surface area contributed by atoms with Crippen molar-refractivity contribution in [3.05, 3.63) is 28.8 Å². The van der Waals surface area contributed by atoms with E-state index in [2.05, 4.69) is 13.8 Å². The second kappa shape index (κ2) is 4.67. The van der Waals surface area contributed by atoms with E-state index in [1.807, 2.05) is 19.1 Å². The van der Waals surface area contributed by atoms with Crippen molar-refractivity contribution in [1.82, 2.24) is 0 Å². The van der Waals surface area contributed by atoms with Gasteiger partial charge in [-0.3, -0.25) is 0 Å². The molecule has 2 nitrogen and oxygen atoms in total. The molecule has 0 aliphatic carbocycles. The minimum atomic E-state index is -0.421. The summed E-state index contributed by atoms with van der Waals surface area (Å²) in [6, 6.07) is 3.97. The van der Waals surface area contributed by atoms with Gasteiger partial charge in [0.25, 0.3) is 0 Å². The summed E-state index contributed by atoms with van der Waals surface area (Å²) >= 11 is 0. The molecular formula is C13H20O2. The maximum absolute atomic E-state index is 9.97. The number of phenolic OH excluding ortho intramolecular Hbond substituents is 1. The van der Waals surface area contributed by atoms with Crippen LogP contribution >= 0.6 is 0 Å². The Bertz CT molecular complexity index is 341. The first-order chi connectivity index (χ1) is 6.93. The number of phenols is 1. The fourth-order valence-electron chi connectivity index (χ4n) is 1.82. The van der Waals surface area contributed by atoms with Crippen LogP contribution in [-0.4, -0.2) is 16.3 Å². The third kappa shape index (κ3) is 2.72. The monoisotopic (exact) mass is 208 g/mol. The van der Waals surface area contributed by atoms with Crippen molar-refractivity contribution in [2.24, 2.45) is 0 Å². The normalized spacial score (nSPS) is 13.2. The lowest BCUT2D eigenvalue weighted by Gasteiger charge is -2.17. The van der Waals surface area contributed by atoms with Gasteiger partial charge >= 0.3 is 0 Å². The molecule has 2 N–H and O–H groups in total. The van der Waals surface area contributed by atoms with Crippen LogP contribution in [0.2, 0.25) is 0 Å². The molecule has 0 saturated heterocycles. The van der Waals surface area contributed by atoms with Crippen LogP contribution in [0.25, 0.3) is 0 Å². The highest BCUT2D eigenvalue weighted by molar-refractivity contribution is 5.46. The SMILES string of the molecule is Cc1ccc(C(C)C)c(CC(C)O)c1O. The minimum absolute atomic E-state index is 0.335. The molecular weight excluding hydrogens is 188 g/mol. The smallest absolute Gasteiger partial charge is 0.122 e. The molecule has 1 unspecified atom stereocenters. The van der Waals surface area contributed by atoms with E-state index >= 15 is 0 Å². The van der Waals surface area contributed by atoms with E-state index < -0.39 is 6.10 Å². The van der Waals surface area contributed by atoms with Gasteiger partial charge in [-0.25, -0.2) is 0 Å². The Balaban J connectivity index is 3.22. The Morgan fingerprint density at radius 2 is 1.80 bits per heavy atom. The zero-order valence-electron chi connectivity index (χ0n) is 9.91. The number of aromatic hydroxyl groups is 1. The van der Waals surface area contributed by atoms with Crippen molar-refractivity contribution in [3.63, 3.8) is 0 Å². The van der Waals surface area contributed by atoms with Crippen molar-refractivity contribution < 1.29 is 10.2 Å². The average Bonchev–Trinajstić information content (AvgIpc) is 2.12. The van der Waals surface area contributed by atoms with E-state index in [1.54, 1.807) is 6.92 Å². The van der Waals surface area contributed by atoms with E-state index in [-0.39, 0.29) is 0 Å². The second-order valence-corrected chi connectivity index (χ2v) is 4.51. The molecule has 2 heteroatoms. The topological polar surface area (TPSA) is 40.5 Å². The van der Waals surface area contributed by atoms with Gasteiger partial charge in [0.2, 0.25) is 0 Å². The van der Waals surface area contributed by atoms with Crippen molar-refractivity contribution in [2.75, 3.05) is 0 Å². The molecule has 0 heterocycles. The van der Waals surface area contributed by atoms with Gasteiger partial charge in [-0.15, -0.1) is 0 Å². The Labute approximate surface area is 91.6 Å². The first kappa shape index (κ1) is 12.1. The number of benzene rings is 1. The molecule has 0 radical (unpaired) electrons. The van der Waals surface area contributed by atoms with Crippen LogP contribution in [-0.2, 0) is 6.42 Å². The molecule has 15 heavy (non-hydrogen) atoms. The number of hydrogen-bond donors (Lipinski definition) is 2. The molecule has 0 amide bonds. The highest BCUT2D eigenvalue weighted by atomic mass is 16.3. The van der Waals surface area contributed by atoms with Crippen LogP contribution in [0.5, 0.6) is 5.75 Å². The van der Waals surface area contributed by atoms with Gasteiger partial charge in [0, 0.05) is 12.0 Å². The fraction of sp³-hybridized carbons (Fsp3) is 0.538. The summed E-state index contributed by atoms with van der Waals surface area (Å²) in [5.74, 6) is 0.701. The molecule has 0 spiro atoms. The predicted octanol–water partition coefficient (Wildman–Crippen LogP) is 2.75. The maximum atomic E-state index is 9.97. The number of rotatable bonds is 3. The number of aryl methyl sites for hydroxylation is 1. The zero-order chi connectivity index (χ0) is 11.6. The third-order valence-corrected chi connectivity index (χ3v) is 2.64. The Morgan fingerprint density at radius 3 is 2.27 bits per heavy atom. The predicted molar refractivity (Wildman–Crippen MR) is 62.3 cm³/mol. The molecule has 84 valence electrons.